The number of hydrogen-bond acceptors (Lipinski definition) is 6. The summed E-state index contributed by atoms with van der Waals surface area (Å²) in [5.41, 5.74) is 5.67. The number of anilines is 1. The number of nitrogens with zero attached hydrogens (tertiary/aromatic N) is 3. The second-order valence-electron chi connectivity index (χ2n) is 3.38. The number of nitrogen functional groups attached to an aromatic ring is 1. The number of rotatable bonds is 5. The first-order valence-corrected chi connectivity index (χ1v) is 5.01. The minimum atomic E-state index is -0.274. The third-order valence-corrected chi connectivity index (χ3v) is 2.08. The van der Waals surface area contributed by atoms with Crippen LogP contribution in [0.3, 0.4) is 0 Å². The van der Waals surface area contributed by atoms with Crippen molar-refractivity contribution in [3.8, 4) is 0 Å². The van der Waals surface area contributed by atoms with Gasteiger partial charge in [0.1, 0.15) is 0 Å². The highest BCUT2D eigenvalue weighted by atomic mass is 16.5. The molecule has 0 bridgehead atoms. The Morgan fingerprint density at radius 1 is 1.47 bits per heavy atom. The van der Waals surface area contributed by atoms with E-state index in [-0.39, 0.29) is 23.9 Å². The van der Waals surface area contributed by atoms with Crippen LogP contribution in [0.15, 0.2) is 10.9 Å². The number of aromatic nitrogens is 4. The zero-order chi connectivity index (χ0) is 12.3. The van der Waals surface area contributed by atoms with Gasteiger partial charge in [-0.2, -0.15) is 9.50 Å². The molecule has 2 aromatic rings. The SMILES string of the molecule is COCCOCc1cc(=O)n2[nH]c(N)nc2n1. The number of nitrogens with one attached hydrogen (secondary N) is 1. The van der Waals surface area contributed by atoms with Gasteiger partial charge in [-0.05, 0) is 0 Å². The van der Waals surface area contributed by atoms with Crippen molar-refractivity contribution in [3.05, 3.63) is 22.1 Å². The Balaban J connectivity index is 2.16. The van der Waals surface area contributed by atoms with Crippen LogP contribution in [0, 0.1) is 0 Å². The van der Waals surface area contributed by atoms with Gasteiger partial charge in [0, 0.05) is 13.2 Å². The van der Waals surface area contributed by atoms with Crippen LogP contribution in [0.2, 0.25) is 0 Å². The predicted octanol–water partition coefficient (Wildman–Crippen LogP) is -0.837. The average molecular weight is 239 g/mol. The fourth-order valence-electron chi connectivity index (χ4n) is 1.34. The maximum atomic E-state index is 11.6. The monoisotopic (exact) mass is 239 g/mol. The quantitative estimate of drug-likeness (QED) is 0.659. The number of H-pyrrole nitrogens is 1. The van der Waals surface area contributed by atoms with Gasteiger partial charge in [0.2, 0.25) is 5.95 Å². The number of ether oxygens (including phenoxy) is 2. The first-order valence-electron chi connectivity index (χ1n) is 5.01. The van der Waals surface area contributed by atoms with Gasteiger partial charge in [0.05, 0.1) is 25.5 Å². The van der Waals surface area contributed by atoms with Crippen molar-refractivity contribution < 1.29 is 9.47 Å². The molecule has 2 heterocycles. The molecule has 2 aromatic heterocycles. The van der Waals surface area contributed by atoms with Crippen LogP contribution in [0.5, 0.6) is 0 Å². The van der Waals surface area contributed by atoms with Crippen molar-refractivity contribution in [2.75, 3.05) is 26.1 Å². The first-order chi connectivity index (χ1) is 8.20. The first kappa shape index (κ1) is 11.6. The van der Waals surface area contributed by atoms with Crippen LogP contribution < -0.4 is 11.3 Å². The van der Waals surface area contributed by atoms with Gasteiger partial charge in [-0.15, -0.1) is 0 Å². The summed E-state index contributed by atoms with van der Waals surface area (Å²) in [6, 6.07) is 1.37. The van der Waals surface area contributed by atoms with Crippen molar-refractivity contribution in [2.45, 2.75) is 6.61 Å². The number of aromatic amines is 1. The molecule has 8 nitrogen and oxygen atoms in total. The number of fused-ring (bicyclic) bond motifs is 1. The van der Waals surface area contributed by atoms with Crippen molar-refractivity contribution in [1.82, 2.24) is 19.6 Å². The molecule has 92 valence electrons. The molecule has 0 aliphatic carbocycles. The average Bonchev–Trinajstić information content (AvgIpc) is 2.66. The Hall–Kier alpha value is -1.93. The van der Waals surface area contributed by atoms with Gasteiger partial charge >= 0.3 is 0 Å². The summed E-state index contributed by atoms with van der Waals surface area (Å²) in [7, 11) is 1.59. The zero-order valence-corrected chi connectivity index (χ0v) is 9.34. The molecular weight excluding hydrogens is 226 g/mol. The van der Waals surface area contributed by atoms with Crippen molar-refractivity contribution in [2.24, 2.45) is 0 Å². The normalized spacial score (nSPS) is 11.1. The largest absolute Gasteiger partial charge is 0.382 e. The van der Waals surface area contributed by atoms with E-state index in [2.05, 4.69) is 15.1 Å². The topological polar surface area (TPSA) is 108 Å². The maximum Gasteiger partial charge on any atom is 0.274 e. The lowest BCUT2D eigenvalue weighted by Gasteiger charge is -2.02. The lowest BCUT2D eigenvalue weighted by atomic mass is 10.4. The van der Waals surface area contributed by atoms with E-state index >= 15 is 0 Å². The van der Waals surface area contributed by atoms with E-state index in [1.54, 1.807) is 7.11 Å². The Labute approximate surface area is 96.4 Å². The molecule has 0 saturated heterocycles. The van der Waals surface area contributed by atoms with E-state index in [1.165, 1.54) is 10.6 Å². The van der Waals surface area contributed by atoms with Crippen molar-refractivity contribution >= 4 is 11.7 Å². The minimum Gasteiger partial charge on any atom is -0.382 e. The van der Waals surface area contributed by atoms with E-state index in [4.69, 9.17) is 15.2 Å². The Morgan fingerprint density at radius 2 is 2.29 bits per heavy atom. The molecule has 2 rings (SSSR count). The molecule has 0 aromatic carbocycles. The summed E-state index contributed by atoms with van der Waals surface area (Å²) < 4.78 is 11.3. The van der Waals surface area contributed by atoms with Gasteiger partial charge < -0.3 is 15.2 Å². The van der Waals surface area contributed by atoms with Gasteiger partial charge in [-0.25, -0.2) is 4.98 Å². The zero-order valence-electron chi connectivity index (χ0n) is 9.34. The number of nitrogens with two attached hydrogens (primary N) is 1. The van der Waals surface area contributed by atoms with Gasteiger partial charge in [-0.3, -0.25) is 9.89 Å². The Kier molecular flexibility index (Phi) is 3.35. The highest BCUT2D eigenvalue weighted by molar-refractivity contribution is 5.33. The van der Waals surface area contributed by atoms with Crippen LogP contribution >= 0.6 is 0 Å². The standard InChI is InChI=1S/C9H13N5O3/c1-16-2-3-17-5-6-4-7(15)14-9(11-6)12-8(10)13-14/h4H,2-3,5H2,1H3,(H3,10,11,12,13). The van der Waals surface area contributed by atoms with Crippen molar-refractivity contribution in [3.63, 3.8) is 0 Å². The van der Waals surface area contributed by atoms with E-state index in [0.29, 0.717) is 18.9 Å². The third-order valence-electron chi connectivity index (χ3n) is 2.08. The molecule has 0 fully saturated rings. The second kappa shape index (κ2) is 4.93. The van der Waals surface area contributed by atoms with E-state index in [1.807, 2.05) is 0 Å². The Morgan fingerprint density at radius 3 is 3.06 bits per heavy atom. The molecule has 0 unspecified atom stereocenters. The fourth-order valence-corrected chi connectivity index (χ4v) is 1.34. The number of hydrogen-bond donors (Lipinski definition) is 2. The molecule has 0 radical (unpaired) electrons. The summed E-state index contributed by atoms with van der Waals surface area (Å²) in [5.74, 6) is 0.382. The van der Waals surface area contributed by atoms with E-state index in [0.717, 1.165) is 0 Å². The highest BCUT2D eigenvalue weighted by Crippen LogP contribution is 1.99. The third kappa shape index (κ3) is 2.60. The maximum absolute atomic E-state index is 11.6. The van der Waals surface area contributed by atoms with Crippen LogP contribution in [0.4, 0.5) is 5.95 Å². The summed E-state index contributed by atoms with van der Waals surface area (Å²) in [5, 5.41) is 2.58. The summed E-state index contributed by atoms with van der Waals surface area (Å²) in [6.45, 7) is 1.18. The lowest BCUT2D eigenvalue weighted by Crippen LogP contribution is -2.16. The fraction of sp³-hybridized carbons (Fsp3) is 0.444. The molecular formula is C9H13N5O3. The van der Waals surface area contributed by atoms with E-state index in [9.17, 15) is 4.79 Å². The van der Waals surface area contributed by atoms with Gasteiger partial charge in [0.15, 0.2) is 0 Å². The highest BCUT2D eigenvalue weighted by Gasteiger charge is 2.06. The lowest BCUT2D eigenvalue weighted by molar-refractivity contribution is 0.0602. The van der Waals surface area contributed by atoms with Crippen LogP contribution in [0.25, 0.3) is 5.78 Å². The van der Waals surface area contributed by atoms with Crippen LogP contribution in [0.1, 0.15) is 5.69 Å². The number of methoxy groups -OCH3 is 1. The van der Waals surface area contributed by atoms with E-state index < -0.39 is 0 Å². The molecule has 0 spiro atoms. The molecule has 8 heteroatoms. The molecule has 0 atom stereocenters. The molecule has 0 aliphatic rings. The summed E-state index contributed by atoms with van der Waals surface area (Å²) in [4.78, 5) is 19.6. The van der Waals surface area contributed by atoms with Crippen LogP contribution in [-0.4, -0.2) is 39.9 Å². The van der Waals surface area contributed by atoms with Crippen molar-refractivity contribution in [1.29, 1.82) is 0 Å². The van der Waals surface area contributed by atoms with Gasteiger partial charge in [-0.1, -0.05) is 0 Å². The molecule has 3 N–H and O–H groups in total. The summed E-state index contributed by atoms with van der Waals surface area (Å²) in [6.07, 6.45) is 0. The second-order valence-corrected chi connectivity index (χ2v) is 3.38. The smallest absolute Gasteiger partial charge is 0.274 e. The van der Waals surface area contributed by atoms with Crippen LogP contribution in [-0.2, 0) is 16.1 Å². The Bertz CT molecular complexity index is 561. The molecule has 0 aliphatic heterocycles. The minimum absolute atomic E-state index is 0.145. The molecule has 0 saturated carbocycles. The predicted molar refractivity (Wildman–Crippen MR) is 59.6 cm³/mol. The molecule has 17 heavy (non-hydrogen) atoms. The van der Waals surface area contributed by atoms with Gasteiger partial charge in [0.25, 0.3) is 11.3 Å². The summed E-state index contributed by atoms with van der Waals surface area (Å²) >= 11 is 0. The molecule has 0 amide bonds.